The van der Waals surface area contributed by atoms with Crippen LogP contribution in [0.3, 0.4) is 0 Å². The molecule has 0 saturated heterocycles. The maximum Gasteiger partial charge on any atom is 0.150 e. The number of pyridine rings is 2. The Morgan fingerprint density at radius 2 is 1.87 bits per heavy atom. The highest BCUT2D eigenvalue weighted by atomic mass is 19.1. The van der Waals surface area contributed by atoms with Gasteiger partial charge in [0.15, 0.2) is 0 Å². The maximum atomic E-state index is 14.5. The van der Waals surface area contributed by atoms with Gasteiger partial charge in [0.1, 0.15) is 11.3 Å². The van der Waals surface area contributed by atoms with Crippen LogP contribution >= 0.6 is 0 Å². The van der Waals surface area contributed by atoms with E-state index >= 15 is 0 Å². The number of aromatic nitrogens is 2. The number of fused-ring (bicyclic) bond motifs is 1. The molecule has 0 radical (unpaired) electrons. The number of halogens is 1. The van der Waals surface area contributed by atoms with E-state index in [1.54, 1.807) is 12.4 Å². The molecule has 118 valence electrons. The van der Waals surface area contributed by atoms with Crippen molar-refractivity contribution in [2.24, 2.45) is 11.7 Å². The first-order valence-electron chi connectivity index (χ1n) is 7.87. The Labute approximate surface area is 135 Å². The molecule has 1 atom stereocenters. The van der Waals surface area contributed by atoms with Gasteiger partial charge >= 0.3 is 0 Å². The van der Waals surface area contributed by atoms with Crippen molar-refractivity contribution < 1.29 is 4.39 Å². The quantitative estimate of drug-likeness (QED) is 0.776. The summed E-state index contributed by atoms with van der Waals surface area (Å²) in [7, 11) is 0. The minimum absolute atomic E-state index is 0.289. The predicted octanol–water partition coefficient (Wildman–Crippen LogP) is 3.96. The molecule has 3 rings (SSSR count). The number of nitrogens with two attached hydrogens (primary N) is 1. The second-order valence-electron chi connectivity index (χ2n) is 5.95. The van der Waals surface area contributed by atoms with E-state index < -0.39 is 0 Å². The van der Waals surface area contributed by atoms with Gasteiger partial charge in [0, 0.05) is 23.5 Å². The Kier molecular flexibility index (Phi) is 4.63. The van der Waals surface area contributed by atoms with Gasteiger partial charge in [-0.25, -0.2) is 9.37 Å². The summed E-state index contributed by atoms with van der Waals surface area (Å²) in [5, 5.41) is 0.812. The van der Waals surface area contributed by atoms with E-state index in [0.29, 0.717) is 18.0 Å². The fourth-order valence-electron chi connectivity index (χ4n) is 2.59. The molecule has 0 spiro atoms. The van der Waals surface area contributed by atoms with Gasteiger partial charge in [0.2, 0.25) is 0 Å². The zero-order valence-electron chi connectivity index (χ0n) is 13.2. The summed E-state index contributed by atoms with van der Waals surface area (Å²) in [6, 6.07) is 11.2. The molecule has 3 aromatic rings. The van der Waals surface area contributed by atoms with E-state index in [1.165, 1.54) is 6.07 Å². The molecule has 0 saturated carbocycles. The van der Waals surface area contributed by atoms with E-state index in [9.17, 15) is 4.39 Å². The third-order valence-electron chi connectivity index (χ3n) is 4.11. The van der Waals surface area contributed by atoms with Gasteiger partial charge in [-0.1, -0.05) is 13.0 Å². The fraction of sp³-hybridized carbons (Fsp3) is 0.263. The maximum absolute atomic E-state index is 14.5. The predicted molar refractivity (Wildman–Crippen MR) is 91.5 cm³/mol. The molecule has 3 nitrogen and oxygen atoms in total. The second kappa shape index (κ2) is 6.84. The molecule has 2 heterocycles. The zero-order valence-corrected chi connectivity index (χ0v) is 13.2. The van der Waals surface area contributed by atoms with Crippen LogP contribution in [0.15, 0.2) is 48.8 Å². The Bertz CT molecular complexity index is 802. The lowest BCUT2D eigenvalue weighted by molar-refractivity contribution is 0.541. The van der Waals surface area contributed by atoms with Gasteiger partial charge in [-0.3, -0.25) is 4.98 Å². The highest BCUT2D eigenvalue weighted by Crippen LogP contribution is 2.26. The van der Waals surface area contributed by atoms with Gasteiger partial charge in [0.05, 0.1) is 0 Å². The number of aryl methyl sites for hydroxylation is 1. The first kappa shape index (κ1) is 15.6. The van der Waals surface area contributed by atoms with Crippen molar-refractivity contribution in [1.29, 1.82) is 0 Å². The first-order chi connectivity index (χ1) is 11.2. The SMILES string of the molecule is CC(CN)CCc1ccc2cc(-c3ccncc3)cc(F)c2n1. The lowest BCUT2D eigenvalue weighted by atomic mass is 10.0. The molecule has 0 bridgehead atoms. The number of hydrogen-bond donors (Lipinski definition) is 1. The van der Waals surface area contributed by atoms with Crippen molar-refractivity contribution >= 4 is 10.9 Å². The summed E-state index contributed by atoms with van der Waals surface area (Å²) >= 11 is 0. The van der Waals surface area contributed by atoms with Gasteiger partial charge < -0.3 is 5.73 Å². The molecule has 1 unspecified atom stereocenters. The second-order valence-corrected chi connectivity index (χ2v) is 5.95. The number of hydrogen-bond acceptors (Lipinski definition) is 3. The van der Waals surface area contributed by atoms with Crippen molar-refractivity contribution in [3.05, 3.63) is 60.3 Å². The largest absolute Gasteiger partial charge is 0.330 e. The molecule has 0 aliphatic heterocycles. The summed E-state index contributed by atoms with van der Waals surface area (Å²) in [4.78, 5) is 8.48. The highest BCUT2D eigenvalue weighted by Gasteiger charge is 2.09. The molecular formula is C19H20FN3. The Balaban J connectivity index is 1.93. The summed E-state index contributed by atoms with van der Waals surface area (Å²) < 4.78 is 14.5. The van der Waals surface area contributed by atoms with Crippen LogP contribution in [-0.4, -0.2) is 16.5 Å². The van der Waals surface area contributed by atoms with Crippen LogP contribution in [0, 0.1) is 11.7 Å². The zero-order chi connectivity index (χ0) is 16.2. The molecule has 2 aromatic heterocycles. The Morgan fingerprint density at radius 1 is 1.09 bits per heavy atom. The monoisotopic (exact) mass is 309 g/mol. The van der Waals surface area contributed by atoms with E-state index in [4.69, 9.17) is 5.73 Å². The first-order valence-corrected chi connectivity index (χ1v) is 7.87. The topological polar surface area (TPSA) is 51.8 Å². The van der Waals surface area contributed by atoms with Crippen LogP contribution in [0.5, 0.6) is 0 Å². The lowest BCUT2D eigenvalue weighted by Crippen LogP contribution is -2.11. The fourth-order valence-corrected chi connectivity index (χ4v) is 2.59. The smallest absolute Gasteiger partial charge is 0.150 e. The third kappa shape index (κ3) is 3.54. The van der Waals surface area contributed by atoms with Crippen LogP contribution < -0.4 is 5.73 Å². The molecule has 1 aromatic carbocycles. The minimum Gasteiger partial charge on any atom is -0.330 e. The van der Waals surface area contributed by atoms with Crippen LogP contribution in [0.4, 0.5) is 4.39 Å². The lowest BCUT2D eigenvalue weighted by Gasteiger charge is -2.09. The number of nitrogens with zero attached hydrogens (tertiary/aromatic N) is 2. The van der Waals surface area contributed by atoms with Crippen molar-refractivity contribution in [1.82, 2.24) is 9.97 Å². The molecule has 2 N–H and O–H groups in total. The van der Waals surface area contributed by atoms with Crippen LogP contribution in [0.2, 0.25) is 0 Å². The van der Waals surface area contributed by atoms with E-state index in [1.807, 2.05) is 30.3 Å². The average Bonchev–Trinajstić information content (AvgIpc) is 2.60. The molecule has 0 aliphatic carbocycles. The molecular weight excluding hydrogens is 289 g/mol. The molecule has 0 amide bonds. The number of rotatable bonds is 5. The van der Waals surface area contributed by atoms with Crippen molar-refractivity contribution in [3.8, 4) is 11.1 Å². The summed E-state index contributed by atoms with van der Waals surface area (Å²) in [6.07, 6.45) is 5.19. The Hall–Kier alpha value is -2.33. The normalized spacial score (nSPS) is 12.5. The van der Waals surface area contributed by atoms with Crippen LogP contribution in [0.1, 0.15) is 19.0 Å². The summed E-state index contributed by atoms with van der Waals surface area (Å²) in [5.74, 6) is 0.162. The highest BCUT2D eigenvalue weighted by molar-refractivity contribution is 5.85. The standard InChI is InChI=1S/C19H20FN3/c1-13(12-21)2-4-17-5-3-15-10-16(11-18(20)19(15)23-17)14-6-8-22-9-7-14/h3,5-11,13H,2,4,12,21H2,1H3. The van der Waals surface area contributed by atoms with Crippen molar-refractivity contribution in [2.75, 3.05) is 6.54 Å². The van der Waals surface area contributed by atoms with E-state index in [0.717, 1.165) is 35.0 Å². The Morgan fingerprint density at radius 3 is 2.61 bits per heavy atom. The van der Waals surface area contributed by atoms with Crippen molar-refractivity contribution in [3.63, 3.8) is 0 Å². The molecule has 4 heteroatoms. The van der Waals surface area contributed by atoms with Crippen LogP contribution in [-0.2, 0) is 6.42 Å². The van der Waals surface area contributed by atoms with Gasteiger partial charge in [-0.05, 0) is 66.8 Å². The molecule has 0 aliphatic rings. The van der Waals surface area contributed by atoms with E-state index in [2.05, 4.69) is 16.9 Å². The number of benzene rings is 1. The third-order valence-corrected chi connectivity index (χ3v) is 4.11. The average molecular weight is 309 g/mol. The van der Waals surface area contributed by atoms with Gasteiger partial charge in [0.25, 0.3) is 0 Å². The summed E-state index contributed by atoms with van der Waals surface area (Å²) in [5.41, 5.74) is 8.76. The van der Waals surface area contributed by atoms with Gasteiger partial charge in [-0.15, -0.1) is 0 Å². The van der Waals surface area contributed by atoms with E-state index in [-0.39, 0.29) is 5.82 Å². The molecule has 23 heavy (non-hydrogen) atoms. The molecule has 0 fully saturated rings. The summed E-state index contributed by atoms with van der Waals surface area (Å²) in [6.45, 7) is 2.78. The minimum atomic E-state index is -0.289. The van der Waals surface area contributed by atoms with Gasteiger partial charge in [-0.2, -0.15) is 0 Å². The van der Waals surface area contributed by atoms with Crippen LogP contribution in [0.25, 0.3) is 22.0 Å². The van der Waals surface area contributed by atoms with Crippen molar-refractivity contribution in [2.45, 2.75) is 19.8 Å².